The van der Waals surface area contributed by atoms with E-state index in [-0.39, 0.29) is 21.0 Å². The first-order valence-electron chi connectivity index (χ1n) is 6.12. The van der Waals surface area contributed by atoms with Crippen LogP contribution in [0.25, 0.3) is 0 Å². The fourth-order valence-corrected chi connectivity index (χ4v) is 4.05. The number of anilines is 1. The van der Waals surface area contributed by atoms with Crippen LogP contribution in [0.2, 0.25) is 0 Å². The van der Waals surface area contributed by atoms with Crippen molar-refractivity contribution < 1.29 is 17.6 Å². The second-order valence-corrected chi connectivity index (χ2v) is 7.09. The van der Waals surface area contributed by atoms with E-state index in [1.54, 1.807) is 0 Å². The summed E-state index contributed by atoms with van der Waals surface area (Å²) < 4.78 is 40.4. The van der Waals surface area contributed by atoms with Crippen LogP contribution in [0, 0.1) is 5.82 Å². The molecule has 9 heteroatoms. The number of benzene rings is 1. The van der Waals surface area contributed by atoms with E-state index >= 15 is 0 Å². The number of amides is 1. The van der Waals surface area contributed by atoms with E-state index < -0.39 is 15.8 Å². The fourth-order valence-electron chi connectivity index (χ4n) is 2.04. The first kappa shape index (κ1) is 14.9. The Hall–Kier alpha value is -2.00. The topological polar surface area (TPSA) is 88.2 Å². The second kappa shape index (κ2) is 5.33. The highest BCUT2D eigenvalue weighted by Gasteiger charge is 2.23. The Labute approximate surface area is 133 Å². The van der Waals surface area contributed by atoms with Gasteiger partial charge < -0.3 is 5.32 Å². The van der Waals surface area contributed by atoms with E-state index in [4.69, 9.17) is 0 Å². The molecule has 6 nitrogen and oxygen atoms in total. The predicted octanol–water partition coefficient (Wildman–Crippen LogP) is 2.03. The first-order valence-corrected chi connectivity index (χ1v) is 8.39. The lowest BCUT2D eigenvalue weighted by molar-refractivity contribution is 0.0966. The number of fused-ring (bicyclic) bond motifs is 1. The van der Waals surface area contributed by atoms with Crippen molar-refractivity contribution in [1.82, 2.24) is 10.3 Å². The summed E-state index contributed by atoms with van der Waals surface area (Å²) in [5.41, 5.74) is 1.00. The summed E-state index contributed by atoms with van der Waals surface area (Å²) in [5.74, 6) is -0.981. The fraction of sp³-hybridized carbons (Fsp3) is 0.0769. The number of nitrogens with zero attached hydrogens (tertiary/aromatic N) is 1. The van der Waals surface area contributed by atoms with Gasteiger partial charge >= 0.3 is 0 Å². The first-order chi connectivity index (χ1) is 10.4. The molecule has 1 aromatic carbocycles. The van der Waals surface area contributed by atoms with Crippen LogP contribution in [-0.2, 0) is 16.6 Å². The number of carbonyl (C=O) groups is 1. The summed E-state index contributed by atoms with van der Waals surface area (Å²) in [5, 5.41) is 2.59. The zero-order valence-electron chi connectivity index (χ0n) is 10.9. The molecule has 114 valence electrons. The van der Waals surface area contributed by atoms with Gasteiger partial charge in [0.25, 0.3) is 15.9 Å². The molecule has 1 aromatic heterocycles. The standard InChI is InChI=1S/C13H9BrFN3O3S/c14-10-2-1-7(15)3-12(10)22(20,21)18-8-4-9-11(16-5-8)6-17-13(9)19/h1-5,18H,6H2,(H,17,19). The number of rotatable bonds is 3. The third kappa shape index (κ3) is 2.69. The summed E-state index contributed by atoms with van der Waals surface area (Å²) in [7, 11) is -4.01. The van der Waals surface area contributed by atoms with E-state index in [2.05, 4.69) is 31.0 Å². The highest BCUT2D eigenvalue weighted by Crippen LogP contribution is 2.26. The predicted molar refractivity (Wildman–Crippen MR) is 80.3 cm³/mol. The minimum Gasteiger partial charge on any atom is -0.346 e. The zero-order valence-corrected chi connectivity index (χ0v) is 13.3. The molecular formula is C13H9BrFN3O3S. The number of carbonyl (C=O) groups excluding carboxylic acids is 1. The van der Waals surface area contributed by atoms with Crippen molar-refractivity contribution in [3.8, 4) is 0 Å². The van der Waals surface area contributed by atoms with Crippen LogP contribution in [0.5, 0.6) is 0 Å². The normalized spacial score (nSPS) is 13.6. The smallest absolute Gasteiger partial charge is 0.263 e. The Morgan fingerprint density at radius 1 is 1.32 bits per heavy atom. The minimum absolute atomic E-state index is 0.131. The number of aromatic nitrogens is 1. The number of halogens is 2. The molecule has 0 saturated heterocycles. The van der Waals surface area contributed by atoms with Crippen molar-refractivity contribution in [3.05, 3.63) is 52.0 Å². The zero-order chi connectivity index (χ0) is 15.9. The maximum atomic E-state index is 13.3. The molecule has 0 atom stereocenters. The monoisotopic (exact) mass is 385 g/mol. The second-order valence-electron chi connectivity index (χ2n) is 4.58. The van der Waals surface area contributed by atoms with Crippen LogP contribution in [0.4, 0.5) is 10.1 Å². The van der Waals surface area contributed by atoms with Gasteiger partial charge in [-0.15, -0.1) is 0 Å². The highest BCUT2D eigenvalue weighted by molar-refractivity contribution is 9.10. The van der Waals surface area contributed by atoms with Crippen LogP contribution >= 0.6 is 15.9 Å². The number of sulfonamides is 1. The molecule has 2 N–H and O–H groups in total. The van der Waals surface area contributed by atoms with Gasteiger partial charge in [0.1, 0.15) is 10.7 Å². The van der Waals surface area contributed by atoms with Crippen LogP contribution in [0.1, 0.15) is 16.1 Å². The average molecular weight is 386 g/mol. The lowest BCUT2D eigenvalue weighted by Gasteiger charge is -2.10. The van der Waals surface area contributed by atoms with Crippen molar-refractivity contribution in [2.24, 2.45) is 0 Å². The van der Waals surface area contributed by atoms with E-state index in [9.17, 15) is 17.6 Å². The van der Waals surface area contributed by atoms with Crippen LogP contribution in [0.3, 0.4) is 0 Å². The van der Waals surface area contributed by atoms with Gasteiger partial charge in [-0.1, -0.05) is 0 Å². The van der Waals surface area contributed by atoms with Crippen molar-refractivity contribution in [1.29, 1.82) is 0 Å². The third-order valence-corrected chi connectivity index (χ3v) is 5.44. The molecule has 0 spiro atoms. The summed E-state index contributed by atoms with van der Waals surface area (Å²) in [4.78, 5) is 15.4. The molecule has 0 aliphatic carbocycles. The molecule has 1 amide bonds. The average Bonchev–Trinajstić information content (AvgIpc) is 2.82. The largest absolute Gasteiger partial charge is 0.346 e. The van der Waals surface area contributed by atoms with Crippen molar-refractivity contribution >= 4 is 37.5 Å². The molecule has 1 aliphatic rings. The quantitative estimate of drug-likeness (QED) is 0.845. The van der Waals surface area contributed by atoms with Gasteiger partial charge in [-0.05, 0) is 40.2 Å². The lowest BCUT2D eigenvalue weighted by atomic mass is 10.2. The van der Waals surface area contributed by atoms with E-state index in [0.29, 0.717) is 17.8 Å². The highest BCUT2D eigenvalue weighted by atomic mass is 79.9. The number of hydrogen-bond acceptors (Lipinski definition) is 4. The number of pyridine rings is 1. The van der Waals surface area contributed by atoms with Crippen molar-refractivity contribution in [3.63, 3.8) is 0 Å². The molecule has 3 rings (SSSR count). The van der Waals surface area contributed by atoms with Gasteiger partial charge in [-0.25, -0.2) is 12.8 Å². The maximum absolute atomic E-state index is 13.3. The Balaban J connectivity index is 1.97. The third-order valence-electron chi connectivity index (χ3n) is 3.07. The van der Waals surface area contributed by atoms with Crippen LogP contribution in [-0.4, -0.2) is 19.3 Å². The molecule has 0 radical (unpaired) electrons. The lowest BCUT2D eigenvalue weighted by Crippen LogP contribution is -2.15. The molecule has 0 saturated carbocycles. The molecule has 0 fully saturated rings. The number of nitrogens with one attached hydrogen (secondary N) is 2. The Morgan fingerprint density at radius 3 is 2.86 bits per heavy atom. The molecule has 1 aliphatic heterocycles. The summed E-state index contributed by atoms with van der Waals surface area (Å²) >= 11 is 3.07. The Bertz CT molecular complexity index is 886. The van der Waals surface area contributed by atoms with Gasteiger partial charge in [0.15, 0.2) is 0 Å². The van der Waals surface area contributed by atoms with E-state index in [0.717, 1.165) is 12.1 Å². The molecular weight excluding hydrogens is 377 g/mol. The van der Waals surface area contributed by atoms with Crippen LogP contribution < -0.4 is 10.0 Å². The Kier molecular flexibility index (Phi) is 3.61. The summed E-state index contributed by atoms with van der Waals surface area (Å²) in [6.45, 7) is 0.316. The van der Waals surface area contributed by atoms with Gasteiger partial charge in [0, 0.05) is 4.47 Å². The van der Waals surface area contributed by atoms with E-state index in [1.807, 2.05) is 0 Å². The van der Waals surface area contributed by atoms with E-state index in [1.165, 1.54) is 18.3 Å². The summed E-state index contributed by atoms with van der Waals surface area (Å²) in [6.07, 6.45) is 1.31. The molecule has 0 unspecified atom stereocenters. The van der Waals surface area contributed by atoms with Gasteiger partial charge in [0.2, 0.25) is 0 Å². The molecule has 0 bridgehead atoms. The number of hydrogen-bond donors (Lipinski definition) is 2. The van der Waals surface area contributed by atoms with Gasteiger partial charge in [-0.3, -0.25) is 14.5 Å². The van der Waals surface area contributed by atoms with Gasteiger partial charge in [0.05, 0.1) is 29.7 Å². The maximum Gasteiger partial charge on any atom is 0.263 e. The SMILES string of the molecule is O=C1NCc2ncc(NS(=O)(=O)c3cc(F)ccc3Br)cc21. The van der Waals surface area contributed by atoms with Gasteiger partial charge in [-0.2, -0.15) is 0 Å². The summed E-state index contributed by atoms with van der Waals surface area (Å²) in [6, 6.07) is 4.75. The van der Waals surface area contributed by atoms with Crippen molar-refractivity contribution in [2.75, 3.05) is 4.72 Å². The minimum atomic E-state index is -4.01. The van der Waals surface area contributed by atoms with Crippen LogP contribution in [0.15, 0.2) is 39.8 Å². The molecule has 22 heavy (non-hydrogen) atoms. The molecule has 2 aromatic rings. The Morgan fingerprint density at radius 2 is 2.09 bits per heavy atom. The van der Waals surface area contributed by atoms with Crippen molar-refractivity contribution in [2.45, 2.75) is 11.4 Å². The molecule has 2 heterocycles.